The molecule has 6 heteroatoms. The molecule has 0 fully saturated rings. The molecular weight excluding hydrogens is 368 g/mol. The number of thioether (sulfide) groups is 1. The van der Waals surface area contributed by atoms with Gasteiger partial charge >= 0.3 is 0 Å². The topological polar surface area (TPSA) is 113 Å². The summed E-state index contributed by atoms with van der Waals surface area (Å²) in [5.41, 5.74) is 21.3. The highest BCUT2D eigenvalue weighted by molar-refractivity contribution is 7.99. The molecule has 0 atom stereocenters. The van der Waals surface area contributed by atoms with Gasteiger partial charge in [-0.15, -0.1) is 0 Å². The molecule has 0 aromatic rings. The summed E-state index contributed by atoms with van der Waals surface area (Å²) in [6, 6.07) is 0. The van der Waals surface area contributed by atoms with Crippen LogP contribution in [-0.2, 0) is 4.74 Å². The third-order valence-electron chi connectivity index (χ3n) is 3.26. The molecule has 0 saturated carbocycles. The standard InChI is InChI=1S/C6H15NO.C6H15NS.C6H15N.C4H11N/c2*1-2-3-5-8-6-4-7;1-4-5-6(2,3)7;1-2-3-4-5/h2*2-7H2,1H3;4-5,7H2,1-3H3;2-5H2,1H3. The zero-order valence-electron chi connectivity index (χ0n) is 20.2. The molecule has 8 N–H and O–H groups in total. The Kier molecular flexibility index (Phi) is 44.0. The predicted octanol–water partition coefficient (Wildman–Crippen LogP) is 4.51. The first kappa shape index (κ1) is 35.6. The van der Waals surface area contributed by atoms with Gasteiger partial charge in [-0.2, -0.15) is 11.8 Å². The van der Waals surface area contributed by atoms with Gasteiger partial charge in [-0.1, -0.05) is 53.4 Å². The molecule has 0 aliphatic carbocycles. The van der Waals surface area contributed by atoms with Crippen molar-refractivity contribution in [2.75, 3.05) is 44.4 Å². The van der Waals surface area contributed by atoms with E-state index in [1.807, 2.05) is 11.8 Å². The van der Waals surface area contributed by atoms with Crippen molar-refractivity contribution in [3.63, 3.8) is 0 Å². The smallest absolute Gasteiger partial charge is 0.0588 e. The first-order valence-corrected chi connectivity index (χ1v) is 12.5. The number of ether oxygens (including phenoxy) is 1. The molecule has 0 saturated heterocycles. The van der Waals surface area contributed by atoms with Crippen LogP contribution in [0.5, 0.6) is 0 Å². The van der Waals surface area contributed by atoms with Crippen molar-refractivity contribution in [1.29, 1.82) is 0 Å². The Hall–Kier alpha value is 0.150. The largest absolute Gasteiger partial charge is 0.380 e. The third kappa shape index (κ3) is 63.4. The fourth-order valence-corrected chi connectivity index (χ4v) is 2.58. The Bertz CT molecular complexity index is 201. The number of nitrogens with two attached hydrogens (primary N) is 4. The van der Waals surface area contributed by atoms with E-state index in [9.17, 15) is 0 Å². The zero-order chi connectivity index (χ0) is 22.5. The van der Waals surface area contributed by atoms with Crippen LogP contribution in [0.25, 0.3) is 0 Å². The summed E-state index contributed by atoms with van der Waals surface area (Å²) >= 11 is 1.95. The van der Waals surface area contributed by atoms with Crippen LogP contribution in [0.1, 0.15) is 92.9 Å². The number of rotatable bonds is 14. The van der Waals surface area contributed by atoms with Crippen molar-refractivity contribution in [2.45, 2.75) is 98.4 Å². The Balaban J connectivity index is -0.000000139. The van der Waals surface area contributed by atoms with Gasteiger partial charge in [-0.25, -0.2) is 0 Å². The summed E-state index contributed by atoms with van der Waals surface area (Å²) in [6.45, 7) is 16.6. The predicted molar refractivity (Wildman–Crippen MR) is 133 cm³/mol. The van der Waals surface area contributed by atoms with Gasteiger partial charge in [0.15, 0.2) is 0 Å². The summed E-state index contributed by atoms with van der Waals surface area (Å²) in [6.07, 6.45) is 9.68. The Morgan fingerprint density at radius 2 is 1.25 bits per heavy atom. The van der Waals surface area contributed by atoms with E-state index < -0.39 is 0 Å². The average molecular weight is 425 g/mol. The van der Waals surface area contributed by atoms with E-state index in [1.54, 1.807) is 0 Å². The lowest BCUT2D eigenvalue weighted by Gasteiger charge is -2.15. The normalized spacial score (nSPS) is 10.1. The van der Waals surface area contributed by atoms with Crippen molar-refractivity contribution >= 4 is 11.8 Å². The van der Waals surface area contributed by atoms with Gasteiger partial charge in [0.05, 0.1) is 6.61 Å². The third-order valence-corrected chi connectivity index (χ3v) is 4.36. The molecule has 0 heterocycles. The van der Waals surface area contributed by atoms with Gasteiger partial charge in [-0.3, -0.25) is 0 Å². The quantitative estimate of drug-likeness (QED) is 0.305. The van der Waals surface area contributed by atoms with E-state index in [0.29, 0.717) is 13.2 Å². The summed E-state index contributed by atoms with van der Waals surface area (Å²) < 4.78 is 5.10. The molecule has 28 heavy (non-hydrogen) atoms. The van der Waals surface area contributed by atoms with Crippen molar-refractivity contribution in [1.82, 2.24) is 0 Å². The van der Waals surface area contributed by atoms with E-state index in [1.165, 1.54) is 44.3 Å². The van der Waals surface area contributed by atoms with Gasteiger partial charge < -0.3 is 27.7 Å². The van der Waals surface area contributed by atoms with Crippen molar-refractivity contribution in [2.24, 2.45) is 22.9 Å². The molecule has 0 bridgehead atoms. The molecule has 5 nitrogen and oxygen atoms in total. The minimum absolute atomic E-state index is 0.0503. The minimum atomic E-state index is 0.0503. The molecule has 0 unspecified atom stereocenters. The summed E-state index contributed by atoms with van der Waals surface area (Å²) in [5, 5.41) is 0. The molecule has 0 aliphatic rings. The van der Waals surface area contributed by atoms with Crippen LogP contribution >= 0.6 is 11.8 Å². The van der Waals surface area contributed by atoms with Crippen LogP contribution in [0, 0.1) is 0 Å². The molecule has 0 aromatic carbocycles. The van der Waals surface area contributed by atoms with E-state index in [0.717, 1.165) is 38.3 Å². The van der Waals surface area contributed by atoms with Crippen LogP contribution in [0.3, 0.4) is 0 Å². The van der Waals surface area contributed by atoms with E-state index >= 15 is 0 Å². The SMILES string of the molecule is CCCC(C)(C)N.CCCCN.CCCCOCCN.CCCCSCCN. The fourth-order valence-electron chi connectivity index (χ4n) is 1.71. The highest BCUT2D eigenvalue weighted by Gasteiger charge is 2.06. The molecule has 0 radical (unpaired) electrons. The molecule has 176 valence electrons. The highest BCUT2D eigenvalue weighted by atomic mass is 32.2. The lowest BCUT2D eigenvalue weighted by Crippen LogP contribution is -2.31. The van der Waals surface area contributed by atoms with Gasteiger partial charge in [0, 0.05) is 31.0 Å². The van der Waals surface area contributed by atoms with Crippen LogP contribution in [0.2, 0.25) is 0 Å². The van der Waals surface area contributed by atoms with Crippen molar-refractivity contribution < 1.29 is 4.74 Å². The molecule has 0 spiro atoms. The van der Waals surface area contributed by atoms with E-state index in [2.05, 4.69) is 41.5 Å². The second kappa shape index (κ2) is 34.6. The lowest BCUT2D eigenvalue weighted by atomic mass is 10.0. The van der Waals surface area contributed by atoms with Crippen LogP contribution in [0.15, 0.2) is 0 Å². The van der Waals surface area contributed by atoms with Gasteiger partial charge in [-0.05, 0) is 51.8 Å². The van der Waals surface area contributed by atoms with Gasteiger partial charge in [0.1, 0.15) is 0 Å². The minimum Gasteiger partial charge on any atom is -0.380 e. The Morgan fingerprint density at radius 3 is 1.54 bits per heavy atom. The second-order valence-electron chi connectivity index (χ2n) is 7.39. The monoisotopic (exact) mass is 424 g/mol. The van der Waals surface area contributed by atoms with Gasteiger partial charge in [0.2, 0.25) is 0 Å². The Labute approximate surface area is 182 Å². The zero-order valence-corrected chi connectivity index (χ0v) is 21.0. The van der Waals surface area contributed by atoms with Gasteiger partial charge in [0.25, 0.3) is 0 Å². The average Bonchev–Trinajstić information content (AvgIpc) is 2.64. The highest BCUT2D eigenvalue weighted by Crippen LogP contribution is 2.04. The molecule has 0 amide bonds. The maximum atomic E-state index is 5.65. The van der Waals surface area contributed by atoms with E-state index in [-0.39, 0.29) is 5.54 Å². The number of hydrogen-bond donors (Lipinski definition) is 4. The first-order valence-electron chi connectivity index (χ1n) is 11.4. The molecule has 0 rings (SSSR count). The molecule has 0 aromatic heterocycles. The Morgan fingerprint density at radius 1 is 0.679 bits per heavy atom. The fraction of sp³-hybridized carbons (Fsp3) is 1.00. The summed E-state index contributed by atoms with van der Waals surface area (Å²) in [5.74, 6) is 2.41. The van der Waals surface area contributed by atoms with Crippen molar-refractivity contribution in [3.8, 4) is 0 Å². The van der Waals surface area contributed by atoms with Crippen LogP contribution < -0.4 is 22.9 Å². The lowest BCUT2D eigenvalue weighted by molar-refractivity contribution is 0.138. The molecular formula is C22H56N4OS. The van der Waals surface area contributed by atoms with Crippen LogP contribution in [-0.4, -0.2) is 49.9 Å². The number of unbranched alkanes of at least 4 members (excludes halogenated alkanes) is 3. The maximum Gasteiger partial charge on any atom is 0.0588 e. The summed E-state index contributed by atoms with van der Waals surface area (Å²) in [4.78, 5) is 0. The van der Waals surface area contributed by atoms with Crippen LogP contribution in [0.4, 0.5) is 0 Å². The summed E-state index contributed by atoms with van der Waals surface area (Å²) in [7, 11) is 0. The maximum absolute atomic E-state index is 5.65. The second-order valence-corrected chi connectivity index (χ2v) is 8.61. The van der Waals surface area contributed by atoms with Crippen molar-refractivity contribution in [3.05, 3.63) is 0 Å². The molecule has 0 aliphatic heterocycles. The first-order chi connectivity index (χ1) is 13.3. The number of hydrogen-bond acceptors (Lipinski definition) is 6. The van der Waals surface area contributed by atoms with E-state index in [4.69, 9.17) is 27.7 Å².